The zero-order valence-electron chi connectivity index (χ0n) is 11.7. The minimum absolute atomic E-state index is 0. The molecule has 2 rings (SSSR count). The Balaban J connectivity index is 0.00000220. The molecular formula is C14H19Cl3N2O2. The van der Waals surface area contributed by atoms with Gasteiger partial charge in [0.25, 0.3) is 5.91 Å². The highest BCUT2D eigenvalue weighted by atomic mass is 35.5. The number of piperidine rings is 1. The molecule has 21 heavy (non-hydrogen) atoms. The molecule has 1 amide bonds. The molecule has 0 saturated carbocycles. The van der Waals surface area contributed by atoms with Gasteiger partial charge in [-0.2, -0.15) is 0 Å². The van der Waals surface area contributed by atoms with Crippen molar-refractivity contribution in [3.63, 3.8) is 0 Å². The Kier molecular flexibility index (Phi) is 7.60. The lowest BCUT2D eigenvalue weighted by atomic mass is 9.95. The van der Waals surface area contributed by atoms with Crippen molar-refractivity contribution in [3.05, 3.63) is 28.2 Å². The van der Waals surface area contributed by atoms with E-state index in [0.29, 0.717) is 21.7 Å². The average molecular weight is 354 g/mol. The van der Waals surface area contributed by atoms with E-state index in [9.17, 15) is 4.79 Å². The number of nitrogens with one attached hydrogen (secondary N) is 2. The number of rotatable bonds is 4. The van der Waals surface area contributed by atoms with Gasteiger partial charge in [-0.25, -0.2) is 0 Å². The van der Waals surface area contributed by atoms with Crippen molar-refractivity contribution in [2.45, 2.75) is 19.4 Å². The van der Waals surface area contributed by atoms with E-state index >= 15 is 0 Å². The van der Waals surface area contributed by atoms with Crippen LogP contribution in [0.25, 0.3) is 0 Å². The molecule has 2 N–H and O–H groups in total. The number of hydrogen-bond acceptors (Lipinski definition) is 3. The first kappa shape index (κ1) is 18.4. The van der Waals surface area contributed by atoms with E-state index < -0.39 is 0 Å². The lowest BCUT2D eigenvalue weighted by Crippen LogP contribution is -2.49. The zero-order chi connectivity index (χ0) is 14.5. The van der Waals surface area contributed by atoms with Crippen LogP contribution in [0.4, 0.5) is 0 Å². The lowest BCUT2D eigenvalue weighted by Gasteiger charge is -2.30. The molecule has 7 heteroatoms. The fourth-order valence-corrected chi connectivity index (χ4v) is 2.68. The number of ether oxygens (including phenoxy) is 1. The fourth-order valence-electron chi connectivity index (χ4n) is 2.21. The maximum atomic E-state index is 11.9. The number of carbonyl (C=O) groups excluding carboxylic acids is 1. The summed E-state index contributed by atoms with van der Waals surface area (Å²) < 4.78 is 5.41. The predicted molar refractivity (Wildman–Crippen MR) is 87.8 cm³/mol. The van der Waals surface area contributed by atoms with Gasteiger partial charge in [-0.05, 0) is 43.6 Å². The monoisotopic (exact) mass is 352 g/mol. The molecule has 2 atom stereocenters. The van der Waals surface area contributed by atoms with Gasteiger partial charge >= 0.3 is 0 Å². The molecule has 0 spiro atoms. The molecule has 1 fully saturated rings. The maximum Gasteiger partial charge on any atom is 0.258 e. The summed E-state index contributed by atoms with van der Waals surface area (Å²) in [6.07, 6.45) is 0.939. The van der Waals surface area contributed by atoms with Gasteiger partial charge in [0.15, 0.2) is 6.61 Å². The molecule has 1 heterocycles. The summed E-state index contributed by atoms with van der Waals surface area (Å²) >= 11 is 11.8. The summed E-state index contributed by atoms with van der Waals surface area (Å²) in [5.41, 5.74) is 0. The van der Waals surface area contributed by atoms with Crippen LogP contribution in [0, 0.1) is 5.92 Å². The number of amides is 1. The van der Waals surface area contributed by atoms with Gasteiger partial charge < -0.3 is 15.4 Å². The molecule has 0 bridgehead atoms. The SMILES string of the molecule is CC1CNCCC1NC(=O)COc1ccc(Cl)cc1Cl.Cl. The first-order valence-corrected chi connectivity index (χ1v) is 7.40. The van der Waals surface area contributed by atoms with Crippen molar-refractivity contribution in [1.29, 1.82) is 0 Å². The molecule has 1 aromatic carbocycles. The van der Waals surface area contributed by atoms with Crippen LogP contribution >= 0.6 is 35.6 Å². The smallest absolute Gasteiger partial charge is 0.258 e. The second-order valence-corrected chi connectivity index (χ2v) is 5.85. The zero-order valence-corrected chi connectivity index (χ0v) is 14.0. The number of halogens is 3. The van der Waals surface area contributed by atoms with E-state index in [-0.39, 0.29) is 31.0 Å². The molecule has 1 saturated heterocycles. The number of benzene rings is 1. The van der Waals surface area contributed by atoms with Crippen molar-refractivity contribution in [2.75, 3.05) is 19.7 Å². The van der Waals surface area contributed by atoms with Gasteiger partial charge in [0, 0.05) is 11.1 Å². The van der Waals surface area contributed by atoms with Gasteiger partial charge in [-0.15, -0.1) is 12.4 Å². The van der Waals surface area contributed by atoms with Crippen molar-refractivity contribution in [2.24, 2.45) is 5.92 Å². The summed E-state index contributed by atoms with van der Waals surface area (Å²) in [7, 11) is 0. The van der Waals surface area contributed by atoms with E-state index in [1.807, 2.05) is 0 Å². The minimum Gasteiger partial charge on any atom is -0.482 e. The van der Waals surface area contributed by atoms with Gasteiger partial charge in [0.1, 0.15) is 5.75 Å². The van der Waals surface area contributed by atoms with Gasteiger partial charge in [0.05, 0.1) is 5.02 Å². The predicted octanol–water partition coefficient (Wildman–Crippen LogP) is 2.91. The summed E-state index contributed by atoms with van der Waals surface area (Å²) in [5.74, 6) is 0.756. The topological polar surface area (TPSA) is 50.4 Å². The summed E-state index contributed by atoms with van der Waals surface area (Å²) in [6.45, 7) is 3.93. The molecule has 118 valence electrons. The van der Waals surface area contributed by atoms with Crippen molar-refractivity contribution < 1.29 is 9.53 Å². The highest BCUT2D eigenvalue weighted by molar-refractivity contribution is 6.35. The molecule has 2 unspecified atom stereocenters. The molecule has 4 nitrogen and oxygen atoms in total. The molecule has 1 aromatic rings. The second-order valence-electron chi connectivity index (χ2n) is 5.01. The second kappa shape index (κ2) is 8.69. The van der Waals surface area contributed by atoms with Crippen LogP contribution < -0.4 is 15.4 Å². The Hall–Kier alpha value is -0.680. The van der Waals surface area contributed by atoms with Crippen LogP contribution in [-0.4, -0.2) is 31.6 Å². The van der Waals surface area contributed by atoms with Crippen LogP contribution in [0.1, 0.15) is 13.3 Å². The third-order valence-corrected chi connectivity index (χ3v) is 3.91. The standard InChI is InChI=1S/C14H18Cl2N2O2.ClH/c1-9-7-17-5-4-12(9)18-14(19)8-20-13-3-2-10(15)6-11(13)16;/h2-3,6,9,12,17H,4-5,7-8H2,1H3,(H,18,19);1H. The average Bonchev–Trinajstić information content (AvgIpc) is 2.40. The Morgan fingerprint density at radius 1 is 1.48 bits per heavy atom. The first-order chi connectivity index (χ1) is 9.56. The summed E-state index contributed by atoms with van der Waals surface area (Å²) in [5, 5.41) is 7.23. The van der Waals surface area contributed by atoms with Crippen molar-refractivity contribution in [3.8, 4) is 5.75 Å². The van der Waals surface area contributed by atoms with E-state index in [1.54, 1.807) is 18.2 Å². The summed E-state index contributed by atoms with van der Waals surface area (Å²) in [6, 6.07) is 5.12. The Labute approximate surface area is 140 Å². The first-order valence-electron chi connectivity index (χ1n) is 6.64. The van der Waals surface area contributed by atoms with Crippen molar-refractivity contribution >= 4 is 41.5 Å². The maximum absolute atomic E-state index is 11.9. The molecule has 0 radical (unpaired) electrons. The minimum atomic E-state index is -0.130. The van der Waals surface area contributed by atoms with Crippen LogP contribution in [0.5, 0.6) is 5.75 Å². The lowest BCUT2D eigenvalue weighted by molar-refractivity contribution is -0.124. The van der Waals surface area contributed by atoms with Gasteiger partial charge in [-0.1, -0.05) is 30.1 Å². The Bertz CT molecular complexity index is 485. The van der Waals surface area contributed by atoms with E-state index in [4.69, 9.17) is 27.9 Å². The number of carbonyl (C=O) groups is 1. The van der Waals surface area contributed by atoms with Crippen LogP contribution in [0.15, 0.2) is 18.2 Å². The molecule has 1 aliphatic heterocycles. The molecule has 1 aliphatic rings. The third kappa shape index (κ3) is 5.55. The normalized spacial score (nSPS) is 21.3. The van der Waals surface area contributed by atoms with Crippen molar-refractivity contribution in [1.82, 2.24) is 10.6 Å². The highest BCUT2D eigenvalue weighted by Gasteiger charge is 2.22. The quantitative estimate of drug-likeness (QED) is 0.875. The number of hydrogen-bond donors (Lipinski definition) is 2. The Morgan fingerprint density at radius 3 is 2.90 bits per heavy atom. The van der Waals surface area contributed by atoms with Crippen LogP contribution in [-0.2, 0) is 4.79 Å². The van der Waals surface area contributed by atoms with Crippen LogP contribution in [0.3, 0.4) is 0 Å². The highest BCUT2D eigenvalue weighted by Crippen LogP contribution is 2.27. The van der Waals surface area contributed by atoms with Gasteiger partial charge in [-0.3, -0.25) is 4.79 Å². The third-order valence-electron chi connectivity index (χ3n) is 3.38. The van der Waals surface area contributed by atoms with Gasteiger partial charge in [0.2, 0.25) is 0 Å². The molecule has 0 aliphatic carbocycles. The van der Waals surface area contributed by atoms with E-state index in [2.05, 4.69) is 17.6 Å². The van der Waals surface area contributed by atoms with E-state index in [0.717, 1.165) is 19.5 Å². The molecule has 0 aromatic heterocycles. The molecular weight excluding hydrogens is 335 g/mol. The Morgan fingerprint density at radius 2 is 2.24 bits per heavy atom. The fraction of sp³-hybridized carbons (Fsp3) is 0.500. The largest absolute Gasteiger partial charge is 0.482 e. The van der Waals surface area contributed by atoms with Crippen LogP contribution in [0.2, 0.25) is 10.0 Å². The van der Waals surface area contributed by atoms with E-state index in [1.165, 1.54) is 0 Å². The summed E-state index contributed by atoms with van der Waals surface area (Å²) in [4.78, 5) is 11.9.